The molecule has 1 unspecified atom stereocenters. The minimum Gasteiger partial charge on any atom is -0.290 e. The summed E-state index contributed by atoms with van der Waals surface area (Å²) in [7, 11) is -3.71. The number of nitro groups is 1. The SMILES string of the molecule is C=CCN1[C@@H]2CN(S(=O)(=O)c3ccc([N+](=O)[O-])cc3)C[C@H]1C2c1ccc(Br)cc1. The van der Waals surface area contributed by atoms with E-state index >= 15 is 0 Å². The van der Waals surface area contributed by atoms with Crippen LogP contribution in [0.15, 0.2) is 70.6 Å². The Kier molecular flexibility index (Phi) is 5.32. The van der Waals surface area contributed by atoms with Gasteiger partial charge in [-0.1, -0.05) is 34.1 Å². The van der Waals surface area contributed by atoms with Crippen molar-refractivity contribution in [3.8, 4) is 0 Å². The largest absolute Gasteiger partial charge is 0.290 e. The van der Waals surface area contributed by atoms with Gasteiger partial charge in [0.05, 0.1) is 9.82 Å². The maximum absolute atomic E-state index is 13.1. The molecule has 152 valence electrons. The van der Waals surface area contributed by atoms with Crippen molar-refractivity contribution < 1.29 is 13.3 Å². The van der Waals surface area contributed by atoms with Crippen molar-refractivity contribution in [2.24, 2.45) is 0 Å². The fourth-order valence-electron chi connectivity index (χ4n) is 4.38. The highest BCUT2D eigenvalue weighted by Crippen LogP contribution is 2.46. The maximum Gasteiger partial charge on any atom is 0.269 e. The zero-order valence-corrected chi connectivity index (χ0v) is 17.9. The standard InChI is InChI=1S/C20H20BrN3O4S/c1-2-11-23-18-12-22(13-19(23)20(18)14-3-5-15(21)6-4-14)29(27,28)17-9-7-16(8-10-17)24(25)26/h2-10,18-20H,1,11-13H2/t18-,19+,20?. The first-order chi connectivity index (χ1) is 13.8. The van der Waals surface area contributed by atoms with Crippen molar-refractivity contribution in [2.75, 3.05) is 19.6 Å². The number of halogens is 1. The first-order valence-corrected chi connectivity index (χ1v) is 11.4. The lowest BCUT2D eigenvalue weighted by Crippen LogP contribution is -2.73. The van der Waals surface area contributed by atoms with Gasteiger partial charge in [-0.15, -0.1) is 6.58 Å². The molecule has 7 nitrogen and oxygen atoms in total. The minimum atomic E-state index is -3.71. The summed E-state index contributed by atoms with van der Waals surface area (Å²) in [6.45, 7) is 5.30. The average molecular weight is 478 g/mol. The normalized spacial score (nSPS) is 24.7. The lowest BCUT2D eigenvalue weighted by Gasteiger charge is -2.61. The van der Waals surface area contributed by atoms with Gasteiger partial charge in [0.15, 0.2) is 0 Å². The number of hydrogen-bond donors (Lipinski definition) is 0. The zero-order chi connectivity index (χ0) is 20.8. The van der Waals surface area contributed by atoms with Crippen LogP contribution >= 0.6 is 15.9 Å². The molecule has 0 radical (unpaired) electrons. The number of piperidine rings is 1. The molecule has 2 aromatic rings. The summed E-state index contributed by atoms with van der Waals surface area (Å²) in [6, 6.07) is 13.4. The van der Waals surface area contributed by atoms with Crippen LogP contribution in [-0.4, -0.2) is 54.3 Å². The van der Waals surface area contributed by atoms with Crippen LogP contribution in [0.25, 0.3) is 0 Å². The minimum absolute atomic E-state index is 0.0701. The maximum atomic E-state index is 13.1. The highest BCUT2D eigenvalue weighted by Gasteiger charge is 2.55. The van der Waals surface area contributed by atoms with Gasteiger partial charge >= 0.3 is 0 Å². The zero-order valence-electron chi connectivity index (χ0n) is 15.5. The first kappa shape index (κ1) is 20.2. The Bertz CT molecular complexity index is 1030. The van der Waals surface area contributed by atoms with Crippen molar-refractivity contribution >= 4 is 31.6 Å². The molecule has 9 heteroatoms. The van der Waals surface area contributed by atoms with Gasteiger partial charge in [0.25, 0.3) is 5.69 Å². The Hall–Kier alpha value is -2.07. The second-order valence-electron chi connectivity index (χ2n) is 7.27. The van der Waals surface area contributed by atoms with E-state index in [9.17, 15) is 18.5 Å². The molecule has 3 aliphatic heterocycles. The van der Waals surface area contributed by atoms with E-state index in [1.54, 1.807) is 0 Å². The van der Waals surface area contributed by atoms with Crippen LogP contribution in [0.5, 0.6) is 0 Å². The molecule has 0 saturated carbocycles. The predicted molar refractivity (Wildman–Crippen MR) is 113 cm³/mol. The second kappa shape index (κ2) is 7.64. The van der Waals surface area contributed by atoms with Crippen molar-refractivity contribution in [3.63, 3.8) is 0 Å². The number of fused-ring (bicyclic) bond motifs is 2. The van der Waals surface area contributed by atoms with E-state index in [4.69, 9.17) is 0 Å². The number of sulfonamides is 1. The third-order valence-corrected chi connectivity index (χ3v) is 8.12. The fourth-order valence-corrected chi connectivity index (χ4v) is 6.12. The van der Waals surface area contributed by atoms with Gasteiger partial charge in [0, 0.05) is 54.2 Å². The topological polar surface area (TPSA) is 83.8 Å². The first-order valence-electron chi connectivity index (χ1n) is 9.19. The average Bonchev–Trinajstić information content (AvgIpc) is 2.72. The van der Waals surface area contributed by atoms with E-state index in [0.29, 0.717) is 19.6 Å². The molecule has 3 atom stereocenters. The number of hydrogen-bond acceptors (Lipinski definition) is 5. The van der Waals surface area contributed by atoms with E-state index < -0.39 is 14.9 Å². The number of piperazine rings is 1. The van der Waals surface area contributed by atoms with Crippen LogP contribution in [0.4, 0.5) is 5.69 Å². The van der Waals surface area contributed by atoms with Crippen LogP contribution in [-0.2, 0) is 10.0 Å². The van der Waals surface area contributed by atoms with Gasteiger partial charge < -0.3 is 0 Å². The monoisotopic (exact) mass is 477 g/mol. The highest BCUT2D eigenvalue weighted by molar-refractivity contribution is 9.10. The van der Waals surface area contributed by atoms with E-state index in [1.165, 1.54) is 34.1 Å². The Morgan fingerprint density at radius 2 is 1.69 bits per heavy atom. The van der Waals surface area contributed by atoms with Crippen molar-refractivity contribution in [3.05, 3.63) is 81.3 Å². The summed E-state index contributed by atoms with van der Waals surface area (Å²) in [5.41, 5.74) is 1.08. The van der Waals surface area contributed by atoms with Gasteiger partial charge in [-0.25, -0.2) is 8.42 Å². The van der Waals surface area contributed by atoms with Crippen molar-refractivity contribution in [1.82, 2.24) is 9.21 Å². The third-order valence-electron chi connectivity index (χ3n) is 5.74. The molecule has 0 N–H and O–H groups in total. The number of rotatable bonds is 6. The van der Waals surface area contributed by atoms with Crippen LogP contribution in [0.3, 0.4) is 0 Å². The Morgan fingerprint density at radius 1 is 1.10 bits per heavy atom. The molecule has 3 heterocycles. The molecule has 3 saturated heterocycles. The molecule has 3 fully saturated rings. The summed E-state index contributed by atoms with van der Waals surface area (Å²) in [4.78, 5) is 12.7. The molecule has 5 rings (SSSR count). The summed E-state index contributed by atoms with van der Waals surface area (Å²) < 4.78 is 28.7. The Balaban J connectivity index is 1.58. The molecule has 0 aliphatic carbocycles. The second-order valence-corrected chi connectivity index (χ2v) is 10.1. The van der Waals surface area contributed by atoms with Crippen LogP contribution in [0.1, 0.15) is 11.5 Å². The van der Waals surface area contributed by atoms with E-state index in [1.807, 2.05) is 18.2 Å². The fraction of sp³-hybridized carbons (Fsp3) is 0.300. The van der Waals surface area contributed by atoms with Gasteiger partial charge in [-0.2, -0.15) is 4.31 Å². The molecule has 0 aromatic heterocycles. The summed E-state index contributed by atoms with van der Waals surface area (Å²) in [5, 5.41) is 10.8. The lowest BCUT2D eigenvalue weighted by molar-refractivity contribution is -0.384. The molecule has 0 spiro atoms. The van der Waals surface area contributed by atoms with Gasteiger partial charge in [-0.05, 0) is 29.8 Å². The van der Waals surface area contributed by atoms with E-state index in [-0.39, 0.29) is 28.6 Å². The van der Waals surface area contributed by atoms with Crippen LogP contribution < -0.4 is 0 Å². The van der Waals surface area contributed by atoms with Crippen molar-refractivity contribution in [2.45, 2.75) is 22.9 Å². The predicted octanol–water partition coefficient (Wildman–Crippen LogP) is 3.38. The summed E-state index contributed by atoms with van der Waals surface area (Å²) >= 11 is 3.45. The summed E-state index contributed by atoms with van der Waals surface area (Å²) in [5.74, 6) is 0.270. The quantitative estimate of drug-likeness (QED) is 0.361. The van der Waals surface area contributed by atoms with E-state index in [2.05, 4.69) is 39.5 Å². The third kappa shape index (κ3) is 3.52. The lowest BCUT2D eigenvalue weighted by atomic mass is 9.72. The number of benzene rings is 2. The Labute approximate surface area is 178 Å². The smallest absolute Gasteiger partial charge is 0.269 e. The molecular formula is C20H20BrN3O4S. The van der Waals surface area contributed by atoms with Gasteiger partial charge in [0.1, 0.15) is 0 Å². The number of nitrogens with zero attached hydrogens (tertiary/aromatic N) is 3. The molecular weight excluding hydrogens is 458 g/mol. The number of nitro benzene ring substituents is 1. The highest BCUT2D eigenvalue weighted by atomic mass is 79.9. The van der Waals surface area contributed by atoms with Crippen molar-refractivity contribution in [1.29, 1.82) is 0 Å². The van der Waals surface area contributed by atoms with Gasteiger partial charge in [0.2, 0.25) is 10.0 Å². The summed E-state index contributed by atoms with van der Waals surface area (Å²) in [6.07, 6.45) is 1.85. The number of non-ortho nitro benzene ring substituents is 1. The van der Waals surface area contributed by atoms with Crippen LogP contribution in [0.2, 0.25) is 0 Å². The van der Waals surface area contributed by atoms with E-state index in [0.717, 1.165) is 4.47 Å². The molecule has 2 bridgehead atoms. The molecule has 29 heavy (non-hydrogen) atoms. The molecule has 2 aromatic carbocycles. The Morgan fingerprint density at radius 3 is 2.21 bits per heavy atom. The molecule has 0 amide bonds. The van der Waals surface area contributed by atoms with Gasteiger partial charge in [-0.3, -0.25) is 15.0 Å². The van der Waals surface area contributed by atoms with Crippen LogP contribution in [0, 0.1) is 10.1 Å². The molecule has 3 aliphatic rings.